The largest absolute Gasteiger partial charge is 0.382 e. The van der Waals surface area contributed by atoms with Crippen LogP contribution in [0, 0.1) is 11.3 Å². The van der Waals surface area contributed by atoms with E-state index in [0.29, 0.717) is 25.9 Å². The lowest BCUT2D eigenvalue weighted by molar-refractivity contribution is 0.0664. The van der Waals surface area contributed by atoms with E-state index in [4.69, 9.17) is 9.47 Å². The van der Waals surface area contributed by atoms with Crippen molar-refractivity contribution in [1.82, 2.24) is 5.32 Å². The third-order valence-electron chi connectivity index (χ3n) is 2.71. The fraction of sp³-hybridized carbons (Fsp3) is 0.923. The summed E-state index contributed by atoms with van der Waals surface area (Å²) in [4.78, 5) is 0. The molecule has 0 aromatic carbocycles. The first kappa shape index (κ1) is 16.4. The van der Waals surface area contributed by atoms with E-state index in [9.17, 15) is 5.26 Å². The molecular formula is C13H26N2O2. The highest BCUT2D eigenvalue weighted by atomic mass is 16.5. The van der Waals surface area contributed by atoms with Crippen LogP contribution in [0.2, 0.25) is 0 Å². The van der Waals surface area contributed by atoms with Gasteiger partial charge in [-0.2, -0.15) is 5.26 Å². The number of hydrogen-bond donors (Lipinski definition) is 1. The van der Waals surface area contributed by atoms with Gasteiger partial charge in [0.15, 0.2) is 0 Å². The van der Waals surface area contributed by atoms with E-state index in [1.54, 1.807) is 7.11 Å². The molecule has 0 aliphatic rings. The Balaban J connectivity index is 3.89. The summed E-state index contributed by atoms with van der Waals surface area (Å²) in [6, 6.07) is 2.73. The van der Waals surface area contributed by atoms with Crippen LogP contribution in [0.25, 0.3) is 0 Å². The van der Waals surface area contributed by atoms with Gasteiger partial charge in [0.2, 0.25) is 0 Å². The summed E-state index contributed by atoms with van der Waals surface area (Å²) in [6.07, 6.45) is 2.54. The van der Waals surface area contributed by atoms with Gasteiger partial charge in [-0.25, -0.2) is 0 Å². The maximum absolute atomic E-state index is 9.29. The Morgan fingerprint density at radius 1 is 1.29 bits per heavy atom. The summed E-state index contributed by atoms with van der Waals surface area (Å²) in [7, 11) is 1.66. The summed E-state index contributed by atoms with van der Waals surface area (Å²) in [6.45, 7) is 8.12. The molecule has 0 fully saturated rings. The molecule has 0 rings (SSSR count). The predicted octanol–water partition coefficient (Wildman–Crippen LogP) is 2.10. The lowest BCUT2D eigenvalue weighted by Crippen LogP contribution is -2.47. The van der Waals surface area contributed by atoms with E-state index >= 15 is 0 Å². The van der Waals surface area contributed by atoms with E-state index in [2.05, 4.69) is 25.2 Å². The highest BCUT2D eigenvalue weighted by molar-refractivity contribution is 5.06. The van der Waals surface area contributed by atoms with Crippen LogP contribution < -0.4 is 5.32 Å². The topological polar surface area (TPSA) is 54.3 Å². The molecule has 0 heterocycles. The zero-order chi connectivity index (χ0) is 13.1. The molecule has 0 radical (unpaired) electrons. The van der Waals surface area contributed by atoms with Gasteiger partial charge in [0.25, 0.3) is 0 Å². The Morgan fingerprint density at radius 3 is 2.47 bits per heavy atom. The van der Waals surface area contributed by atoms with Crippen molar-refractivity contribution in [2.24, 2.45) is 0 Å². The normalized spacial score (nSPS) is 14.6. The molecule has 0 aromatic heterocycles. The molecule has 0 aliphatic carbocycles. The summed E-state index contributed by atoms with van der Waals surface area (Å²) >= 11 is 0. The van der Waals surface area contributed by atoms with E-state index < -0.39 is 5.54 Å². The smallest absolute Gasteiger partial charge is 0.106 e. The SMILES string of the molecule is CCC(C#N)(CCCOCCOC)NC(C)C. The van der Waals surface area contributed by atoms with Gasteiger partial charge in [0, 0.05) is 19.8 Å². The molecular weight excluding hydrogens is 216 g/mol. The molecule has 1 N–H and O–H groups in total. The van der Waals surface area contributed by atoms with Crippen molar-refractivity contribution in [2.45, 2.75) is 51.6 Å². The van der Waals surface area contributed by atoms with Gasteiger partial charge in [-0.1, -0.05) is 6.92 Å². The number of ether oxygens (including phenoxy) is 2. The Labute approximate surface area is 105 Å². The maximum Gasteiger partial charge on any atom is 0.106 e. The van der Waals surface area contributed by atoms with Crippen molar-refractivity contribution in [2.75, 3.05) is 26.9 Å². The van der Waals surface area contributed by atoms with Crippen molar-refractivity contribution in [1.29, 1.82) is 5.26 Å². The van der Waals surface area contributed by atoms with E-state index in [-0.39, 0.29) is 0 Å². The summed E-state index contributed by atoms with van der Waals surface area (Å²) in [5.41, 5.74) is -0.404. The van der Waals surface area contributed by atoms with Crippen molar-refractivity contribution < 1.29 is 9.47 Å². The first-order valence-electron chi connectivity index (χ1n) is 6.36. The average molecular weight is 242 g/mol. The number of rotatable bonds is 10. The fourth-order valence-corrected chi connectivity index (χ4v) is 1.79. The number of hydrogen-bond acceptors (Lipinski definition) is 4. The molecule has 1 unspecified atom stereocenters. The highest BCUT2D eigenvalue weighted by Gasteiger charge is 2.27. The molecule has 4 nitrogen and oxygen atoms in total. The Morgan fingerprint density at radius 2 is 2.00 bits per heavy atom. The van der Waals surface area contributed by atoms with Crippen LogP contribution in [0.3, 0.4) is 0 Å². The summed E-state index contributed by atoms with van der Waals surface area (Å²) in [5.74, 6) is 0. The monoisotopic (exact) mass is 242 g/mol. The molecule has 0 saturated heterocycles. The second-order valence-electron chi connectivity index (χ2n) is 4.56. The molecule has 0 saturated carbocycles. The second-order valence-corrected chi connectivity index (χ2v) is 4.56. The van der Waals surface area contributed by atoms with Crippen molar-refractivity contribution >= 4 is 0 Å². The number of nitriles is 1. The molecule has 0 spiro atoms. The minimum atomic E-state index is -0.404. The molecule has 0 amide bonds. The number of nitrogens with zero attached hydrogens (tertiary/aromatic N) is 1. The first-order chi connectivity index (χ1) is 8.10. The van der Waals surface area contributed by atoms with E-state index in [0.717, 1.165) is 19.3 Å². The predicted molar refractivity (Wildman–Crippen MR) is 68.8 cm³/mol. The standard InChI is InChI=1S/C13H26N2O2/c1-5-13(11-14,15-12(2)3)7-6-8-17-10-9-16-4/h12,15H,5-10H2,1-4H3. The maximum atomic E-state index is 9.29. The average Bonchev–Trinajstić information content (AvgIpc) is 2.31. The minimum Gasteiger partial charge on any atom is -0.382 e. The Kier molecular flexibility index (Phi) is 9.06. The van der Waals surface area contributed by atoms with Crippen LogP contribution in [-0.2, 0) is 9.47 Å². The third kappa shape index (κ3) is 7.32. The third-order valence-corrected chi connectivity index (χ3v) is 2.71. The molecule has 17 heavy (non-hydrogen) atoms. The molecule has 1 atom stereocenters. The van der Waals surface area contributed by atoms with E-state index in [1.807, 2.05) is 6.92 Å². The van der Waals surface area contributed by atoms with Crippen molar-refractivity contribution in [3.8, 4) is 6.07 Å². The Bertz CT molecular complexity index is 226. The quantitative estimate of drug-likeness (QED) is 0.596. The van der Waals surface area contributed by atoms with Crippen LogP contribution in [0.4, 0.5) is 0 Å². The molecule has 0 aliphatic heterocycles. The lowest BCUT2D eigenvalue weighted by atomic mass is 9.91. The van der Waals surface area contributed by atoms with Gasteiger partial charge in [-0.05, 0) is 33.1 Å². The highest BCUT2D eigenvalue weighted by Crippen LogP contribution is 2.17. The second kappa shape index (κ2) is 9.41. The van der Waals surface area contributed by atoms with Gasteiger partial charge in [-0.3, -0.25) is 5.32 Å². The molecule has 0 bridgehead atoms. The van der Waals surface area contributed by atoms with Gasteiger partial charge >= 0.3 is 0 Å². The van der Waals surface area contributed by atoms with Crippen LogP contribution >= 0.6 is 0 Å². The summed E-state index contributed by atoms with van der Waals surface area (Å²) < 4.78 is 10.3. The number of nitrogens with one attached hydrogen (secondary N) is 1. The van der Waals surface area contributed by atoms with E-state index in [1.165, 1.54) is 0 Å². The van der Waals surface area contributed by atoms with Gasteiger partial charge in [0.05, 0.1) is 19.3 Å². The van der Waals surface area contributed by atoms with Crippen molar-refractivity contribution in [3.63, 3.8) is 0 Å². The zero-order valence-electron chi connectivity index (χ0n) is 11.6. The minimum absolute atomic E-state index is 0.323. The lowest BCUT2D eigenvalue weighted by Gasteiger charge is -2.29. The summed E-state index contributed by atoms with van der Waals surface area (Å²) in [5, 5.41) is 12.6. The van der Waals surface area contributed by atoms with Crippen LogP contribution in [0.1, 0.15) is 40.0 Å². The van der Waals surface area contributed by atoms with Crippen molar-refractivity contribution in [3.05, 3.63) is 0 Å². The molecule has 100 valence electrons. The molecule has 0 aromatic rings. The van der Waals surface area contributed by atoms with Crippen LogP contribution in [0.15, 0.2) is 0 Å². The molecule has 4 heteroatoms. The fourth-order valence-electron chi connectivity index (χ4n) is 1.79. The number of methoxy groups -OCH3 is 1. The Hall–Kier alpha value is -0.630. The van der Waals surface area contributed by atoms with Crippen LogP contribution in [-0.4, -0.2) is 38.5 Å². The zero-order valence-corrected chi connectivity index (χ0v) is 11.6. The van der Waals surface area contributed by atoms with Gasteiger partial charge in [0.1, 0.15) is 5.54 Å². The first-order valence-corrected chi connectivity index (χ1v) is 6.36. The van der Waals surface area contributed by atoms with Crippen LogP contribution in [0.5, 0.6) is 0 Å². The van der Waals surface area contributed by atoms with Gasteiger partial charge in [-0.15, -0.1) is 0 Å². The van der Waals surface area contributed by atoms with Gasteiger partial charge < -0.3 is 9.47 Å².